The average Bonchev–Trinajstić information content (AvgIpc) is 2.94. The highest BCUT2D eigenvalue weighted by Crippen LogP contribution is 2.33. The Labute approximate surface area is 239 Å². The van der Waals surface area contributed by atoms with Crippen LogP contribution in [0.25, 0.3) is 0 Å². The van der Waals surface area contributed by atoms with Gasteiger partial charge in [-0.3, -0.25) is 9.69 Å². The molecule has 3 amide bonds. The quantitative estimate of drug-likeness (QED) is 0.191. The summed E-state index contributed by atoms with van der Waals surface area (Å²) in [6.07, 6.45) is 7.60. The normalized spacial score (nSPS) is 15.3. The van der Waals surface area contributed by atoms with E-state index in [4.69, 9.17) is 4.74 Å². The molecule has 7 nitrogen and oxygen atoms in total. The van der Waals surface area contributed by atoms with Crippen molar-refractivity contribution in [3.8, 4) is 0 Å². The van der Waals surface area contributed by atoms with Crippen LogP contribution in [0.3, 0.4) is 0 Å². The lowest BCUT2D eigenvalue weighted by Gasteiger charge is -2.35. The van der Waals surface area contributed by atoms with E-state index >= 15 is 0 Å². The van der Waals surface area contributed by atoms with Gasteiger partial charge < -0.3 is 15.4 Å². The number of carbonyl (C=O) groups is 3. The number of carbonyl (C=O) groups excluding carboxylic acids is 3. The third kappa shape index (κ3) is 8.44. The number of esters is 1. The summed E-state index contributed by atoms with van der Waals surface area (Å²) in [5.41, 5.74) is 4.10. The lowest BCUT2D eigenvalue weighted by atomic mass is 9.94. The van der Waals surface area contributed by atoms with Gasteiger partial charge in [-0.1, -0.05) is 77.6 Å². The van der Waals surface area contributed by atoms with Crippen molar-refractivity contribution in [2.75, 3.05) is 18.5 Å². The predicted octanol–water partition coefficient (Wildman–Crippen LogP) is 7.40. The summed E-state index contributed by atoms with van der Waals surface area (Å²) in [6.45, 7) is 10.8. The summed E-state index contributed by atoms with van der Waals surface area (Å²) in [4.78, 5) is 41.0. The zero-order valence-electron chi connectivity index (χ0n) is 24.7. The van der Waals surface area contributed by atoms with Crippen molar-refractivity contribution in [3.63, 3.8) is 0 Å². The Morgan fingerprint density at radius 2 is 1.73 bits per heavy atom. The van der Waals surface area contributed by atoms with E-state index in [2.05, 4.69) is 24.5 Å². The third-order valence-electron chi connectivity index (χ3n) is 7.11. The monoisotopic (exact) mass is 547 g/mol. The molecule has 1 heterocycles. The second-order valence-electron chi connectivity index (χ2n) is 11.0. The first kappa shape index (κ1) is 30.9. The van der Waals surface area contributed by atoms with Crippen molar-refractivity contribution in [1.29, 1.82) is 0 Å². The molecule has 1 aliphatic rings. The summed E-state index contributed by atoms with van der Waals surface area (Å²) < 4.78 is 5.61. The van der Waals surface area contributed by atoms with Crippen LogP contribution in [0.1, 0.15) is 101 Å². The maximum absolute atomic E-state index is 13.3. The minimum atomic E-state index is -0.686. The molecule has 0 radical (unpaired) electrons. The number of nitrogens with one attached hydrogen (secondary N) is 2. The molecule has 1 aliphatic heterocycles. The summed E-state index contributed by atoms with van der Waals surface area (Å²) in [5, 5.41) is 5.97. The Balaban J connectivity index is 1.80. The van der Waals surface area contributed by atoms with Gasteiger partial charge in [0, 0.05) is 23.5 Å². The van der Waals surface area contributed by atoms with Crippen molar-refractivity contribution >= 4 is 23.6 Å². The van der Waals surface area contributed by atoms with Crippen LogP contribution in [-0.4, -0.2) is 36.0 Å². The number of anilines is 1. The number of hydrogen-bond acceptors (Lipinski definition) is 4. The molecule has 2 aromatic rings. The smallest absolute Gasteiger partial charge is 0.338 e. The first-order valence-electron chi connectivity index (χ1n) is 14.7. The molecule has 0 aliphatic carbocycles. The Hall–Kier alpha value is -3.61. The van der Waals surface area contributed by atoms with Gasteiger partial charge in [0.1, 0.15) is 0 Å². The minimum Gasteiger partial charge on any atom is -0.462 e. The van der Waals surface area contributed by atoms with Crippen LogP contribution in [0.4, 0.5) is 10.5 Å². The van der Waals surface area contributed by atoms with Gasteiger partial charge in [0.15, 0.2) is 0 Å². The number of unbranched alkanes of at least 4 members (excludes halogenated alkanes) is 4. The molecule has 1 unspecified atom stereocenters. The van der Waals surface area contributed by atoms with Gasteiger partial charge in [-0.25, -0.2) is 9.59 Å². The molecule has 0 saturated carbocycles. The number of ether oxygens (including phenoxy) is 1. The first-order valence-corrected chi connectivity index (χ1v) is 14.7. The van der Waals surface area contributed by atoms with Gasteiger partial charge in [-0.15, -0.1) is 0 Å². The van der Waals surface area contributed by atoms with Gasteiger partial charge in [0.2, 0.25) is 0 Å². The number of rotatable bonds is 14. The average molecular weight is 548 g/mol. The molecule has 0 fully saturated rings. The highest BCUT2D eigenvalue weighted by Gasteiger charge is 2.36. The van der Waals surface area contributed by atoms with E-state index in [9.17, 15) is 14.4 Å². The molecule has 0 saturated heterocycles. The zero-order chi connectivity index (χ0) is 29.1. The fourth-order valence-corrected chi connectivity index (χ4v) is 4.78. The van der Waals surface area contributed by atoms with E-state index in [-0.39, 0.29) is 17.9 Å². The van der Waals surface area contributed by atoms with Gasteiger partial charge in [0.05, 0.1) is 18.2 Å². The number of nitrogens with zero attached hydrogens (tertiary/aromatic N) is 1. The SMILES string of the molecule is CCCCCCc1ccc(C(=O)Nc2cccc(C3NC(=O)N(CCCC)C(C)=C3C(=O)OCC(C)C)c2)cc1. The molecule has 0 spiro atoms. The summed E-state index contributed by atoms with van der Waals surface area (Å²) >= 11 is 0. The van der Waals surface area contributed by atoms with E-state index in [1.165, 1.54) is 24.8 Å². The van der Waals surface area contributed by atoms with Crippen molar-refractivity contribution in [1.82, 2.24) is 10.2 Å². The molecule has 216 valence electrons. The molecule has 0 aromatic heterocycles. The molecule has 2 N–H and O–H groups in total. The molecular weight excluding hydrogens is 502 g/mol. The topological polar surface area (TPSA) is 87.7 Å². The zero-order valence-corrected chi connectivity index (χ0v) is 24.7. The molecule has 7 heteroatoms. The lowest BCUT2D eigenvalue weighted by molar-refractivity contribution is -0.140. The van der Waals surface area contributed by atoms with E-state index in [0.29, 0.717) is 41.2 Å². The van der Waals surface area contributed by atoms with Crippen LogP contribution in [0.5, 0.6) is 0 Å². The van der Waals surface area contributed by atoms with Crippen LogP contribution in [0.2, 0.25) is 0 Å². The maximum atomic E-state index is 13.3. The Morgan fingerprint density at radius 3 is 2.40 bits per heavy atom. The highest BCUT2D eigenvalue weighted by atomic mass is 16.5. The van der Waals surface area contributed by atoms with E-state index < -0.39 is 12.0 Å². The van der Waals surface area contributed by atoms with Gasteiger partial charge in [-0.2, -0.15) is 0 Å². The van der Waals surface area contributed by atoms with Crippen LogP contribution in [0, 0.1) is 5.92 Å². The number of aryl methyl sites for hydroxylation is 1. The van der Waals surface area contributed by atoms with E-state index in [1.54, 1.807) is 24.0 Å². The molecule has 3 rings (SSSR count). The molecule has 0 bridgehead atoms. The van der Waals surface area contributed by atoms with Crippen molar-refractivity contribution in [2.24, 2.45) is 5.92 Å². The third-order valence-corrected chi connectivity index (χ3v) is 7.11. The van der Waals surface area contributed by atoms with Crippen LogP contribution in [-0.2, 0) is 16.0 Å². The molecule has 2 aromatic carbocycles. The number of amides is 3. The Kier molecular flexibility index (Phi) is 11.8. The Bertz CT molecular complexity index is 1190. The largest absolute Gasteiger partial charge is 0.462 e. The minimum absolute atomic E-state index is 0.186. The standard InChI is InChI=1S/C33H45N3O4/c1-6-8-10-11-13-25-16-18-26(19-17-25)31(37)34-28-15-12-14-27(21-28)30-29(32(38)40-22-23(3)4)24(5)36(20-9-7-2)33(39)35-30/h12,14-19,21,23,30H,6-11,13,20,22H2,1-5H3,(H,34,37)(H,35,39). The number of urea groups is 1. The number of hydrogen-bond donors (Lipinski definition) is 2. The van der Waals surface area contributed by atoms with E-state index in [0.717, 1.165) is 25.7 Å². The van der Waals surface area contributed by atoms with Gasteiger partial charge in [-0.05, 0) is 67.5 Å². The van der Waals surface area contributed by atoms with Gasteiger partial charge in [0.25, 0.3) is 5.91 Å². The Morgan fingerprint density at radius 1 is 1.00 bits per heavy atom. The first-order chi connectivity index (χ1) is 19.2. The van der Waals surface area contributed by atoms with Gasteiger partial charge >= 0.3 is 12.0 Å². The predicted molar refractivity (Wildman–Crippen MR) is 160 cm³/mol. The molecule has 40 heavy (non-hydrogen) atoms. The number of allylic oxidation sites excluding steroid dienone is 1. The fourth-order valence-electron chi connectivity index (χ4n) is 4.78. The van der Waals surface area contributed by atoms with Crippen LogP contribution >= 0.6 is 0 Å². The highest BCUT2D eigenvalue weighted by molar-refractivity contribution is 6.04. The van der Waals surface area contributed by atoms with E-state index in [1.807, 2.05) is 50.2 Å². The van der Waals surface area contributed by atoms with Crippen LogP contribution < -0.4 is 10.6 Å². The van der Waals surface area contributed by atoms with Crippen molar-refractivity contribution in [3.05, 3.63) is 76.5 Å². The summed E-state index contributed by atoms with van der Waals surface area (Å²) in [5.74, 6) is -0.468. The second-order valence-corrected chi connectivity index (χ2v) is 11.0. The molecular formula is C33H45N3O4. The summed E-state index contributed by atoms with van der Waals surface area (Å²) in [6, 6.07) is 14.1. The van der Waals surface area contributed by atoms with Crippen molar-refractivity contribution < 1.29 is 19.1 Å². The second kappa shape index (κ2) is 15.2. The summed E-state index contributed by atoms with van der Waals surface area (Å²) in [7, 11) is 0. The molecule has 1 atom stereocenters. The van der Waals surface area contributed by atoms with Crippen molar-refractivity contribution in [2.45, 2.75) is 85.6 Å². The van der Waals surface area contributed by atoms with Crippen LogP contribution in [0.15, 0.2) is 59.8 Å². The number of benzene rings is 2. The lowest BCUT2D eigenvalue weighted by Crippen LogP contribution is -2.48. The maximum Gasteiger partial charge on any atom is 0.338 e. The fraction of sp³-hybridized carbons (Fsp3) is 0.485.